The van der Waals surface area contributed by atoms with E-state index in [2.05, 4.69) is 256 Å². The molecule has 0 saturated carbocycles. The lowest BCUT2D eigenvalue weighted by molar-refractivity contribution is -0.332. The van der Waals surface area contributed by atoms with Crippen molar-refractivity contribution in [1.29, 1.82) is 0 Å². The summed E-state index contributed by atoms with van der Waals surface area (Å²) in [5.74, 6) is -1.03. The largest absolute Gasteiger partial charge is 0.496 e. The summed E-state index contributed by atoms with van der Waals surface area (Å²) in [7, 11) is -34.1. The average molecular weight is 1690 g/mol. The Morgan fingerprint density at radius 3 is 0.411 bits per heavy atom. The van der Waals surface area contributed by atoms with Crippen LogP contribution < -0.4 is 0 Å². The molecule has 0 spiro atoms. The standard InChI is InChI=1S/C12H36O6Si6.C10H30O5Si5.C8H24O4Si4.C8H18O3Si.C7H18OSi.C4H12O3Si.C4H12OSi/c1-19(2)13-20(3,4)15-22(7,8)17-24(11,12)18-23(9,10)16-21(5,6)14-19;1-16(2)11-17(3,4)13-19(7,8)15-20(9,10)14-18(5,6)12-16;1-13(2)9-14(3,4)11-16(7,8)12-15(5,6)10-13;1-7(2)9-8(3,4)11-12(5,6)10-7;1-7(2,3)8-9(4,5)6;1-5-8(4,6-2)7-3;1-5-6(2,3)4/h1-12H3;1-10H3;1-8H3;1-6H3;1-6H3;1-4H3;1-4H3. The fourth-order valence-electron chi connectivity index (χ4n) is 12.2. The van der Waals surface area contributed by atoms with Gasteiger partial charge in [-0.25, -0.2) is 0 Å². The molecule has 4 fully saturated rings. The first-order chi connectivity index (χ1) is 40.7. The van der Waals surface area contributed by atoms with Crippen molar-refractivity contribution in [1.82, 2.24) is 0 Å². The van der Waals surface area contributed by atoms with Crippen molar-refractivity contribution >= 4 is 162 Å². The maximum absolute atomic E-state index is 6.44. The van der Waals surface area contributed by atoms with Gasteiger partial charge in [-0.2, -0.15) is 0 Å². The molecule has 0 N–H and O–H groups in total. The highest BCUT2D eigenvalue weighted by molar-refractivity contribution is 6.95. The fraction of sp³-hybridized carbons (Fsp3) is 1.00. The van der Waals surface area contributed by atoms with E-state index in [9.17, 15) is 0 Å². The van der Waals surface area contributed by atoms with Gasteiger partial charge < -0.3 is 97.4 Å². The summed E-state index contributed by atoms with van der Waals surface area (Å²) in [5, 5.41) is 0. The van der Waals surface area contributed by atoms with E-state index in [0.717, 1.165) is 0 Å². The molecule has 23 nitrogen and oxygen atoms in total. The molecule has 4 aliphatic rings. The van der Waals surface area contributed by atoms with Gasteiger partial charge in [-0.15, -0.1) is 0 Å². The molecule has 0 atom stereocenters. The second-order valence-electron chi connectivity index (χ2n) is 35.2. The van der Waals surface area contributed by atoms with E-state index in [1.54, 1.807) is 28.4 Å². The van der Waals surface area contributed by atoms with Crippen molar-refractivity contribution in [2.75, 3.05) is 28.4 Å². The highest BCUT2D eigenvalue weighted by Gasteiger charge is 2.55. The quantitative estimate of drug-likeness (QED) is 0.234. The first-order valence-corrected chi connectivity index (χ1v) is 87.3. The molecule has 0 amide bonds. The summed E-state index contributed by atoms with van der Waals surface area (Å²) in [6, 6.07) is 0. The van der Waals surface area contributed by atoms with Crippen molar-refractivity contribution in [2.24, 2.45) is 0 Å². The monoisotopic (exact) mass is 1690 g/mol. The molecule has 0 radical (unpaired) electrons. The van der Waals surface area contributed by atoms with Gasteiger partial charge in [-0.1, -0.05) is 0 Å². The number of ether oxygens (including phenoxy) is 1. The van der Waals surface area contributed by atoms with Gasteiger partial charge in [-0.05, 0) is 297 Å². The van der Waals surface area contributed by atoms with E-state index in [0.29, 0.717) is 0 Å². The highest BCUT2D eigenvalue weighted by atomic mass is 28.5. The summed E-state index contributed by atoms with van der Waals surface area (Å²) in [6.45, 7) is 95.2. The van der Waals surface area contributed by atoms with Gasteiger partial charge in [0.2, 0.25) is 0 Å². The molecule has 4 saturated heterocycles. The molecule has 0 aromatic carbocycles. The van der Waals surface area contributed by atoms with E-state index >= 15 is 0 Å². The van der Waals surface area contributed by atoms with Gasteiger partial charge in [0.1, 0.15) is 0 Å². The van der Waals surface area contributed by atoms with Crippen molar-refractivity contribution in [3.63, 3.8) is 0 Å². The van der Waals surface area contributed by atoms with Crippen LogP contribution in [0.4, 0.5) is 0 Å². The smallest absolute Gasteiger partial charge is 0.421 e. The number of hydrogen-bond acceptors (Lipinski definition) is 23. The topological polar surface area (TPSA) is 212 Å². The number of rotatable bonds is 5. The molecule has 0 bridgehead atoms. The first-order valence-electron chi connectivity index (χ1n) is 33.2. The summed E-state index contributed by atoms with van der Waals surface area (Å²) < 4.78 is 137. The van der Waals surface area contributed by atoms with Crippen molar-refractivity contribution < 1.29 is 97.4 Å². The molecule has 0 unspecified atom stereocenters. The third-order valence-electron chi connectivity index (χ3n) is 11.2. The Morgan fingerprint density at radius 1 is 0.232 bits per heavy atom. The minimum absolute atomic E-state index is 0.0461. The molecule has 42 heteroatoms. The predicted octanol–water partition coefficient (Wildman–Crippen LogP) is 17.6. The predicted molar refractivity (Wildman–Crippen MR) is 435 cm³/mol. The second-order valence-corrected chi connectivity index (χ2v) is 105. The van der Waals surface area contributed by atoms with Crippen LogP contribution in [-0.4, -0.2) is 208 Å². The van der Waals surface area contributed by atoms with Crippen LogP contribution in [0, 0.1) is 0 Å². The Bertz CT molecular complexity index is 1910. The minimum atomic E-state index is -2.38. The van der Waals surface area contributed by atoms with Crippen molar-refractivity contribution in [2.45, 2.75) is 321 Å². The maximum Gasteiger partial charge on any atom is 0.496 e. The average Bonchev–Trinajstić information content (AvgIpc) is 0.812. The van der Waals surface area contributed by atoms with Crippen LogP contribution in [0.2, 0.25) is 255 Å². The first kappa shape index (κ1) is 102. The lowest BCUT2D eigenvalue weighted by atomic mass is 10.2. The Morgan fingerprint density at radius 2 is 0.358 bits per heavy atom. The lowest BCUT2D eigenvalue weighted by Gasteiger charge is -2.48. The normalized spacial score (nSPS) is 27.0. The van der Waals surface area contributed by atoms with E-state index < -0.39 is 174 Å². The van der Waals surface area contributed by atoms with Crippen LogP contribution in [0.3, 0.4) is 0 Å². The zero-order valence-electron chi connectivity index (χ0n) is 70.4. The van der Waals surface area contributed by atoms with E-state index in [-0.39, 0.29) is 5.60 Å². The van der Waals surface area contributed by atoms with Crippen molar-refractivity contribution in [3.05, 3.63) is 0 Å². The molecule has 0 aromatic heterocycles. The van der Waals surface area contributed by atoms with Crippen molar-refractivity contribution in [3.8, 4) is 0 Å². The molecular formula is C53H150O23Si19. The van der Waals surface area contributed by atoms with Crippen LogP contribution in [0.15, 0.2) is 0 Å². The highest BCUT2D eigenvalue weighted by Crippen LogP contribution is 2.37. The Kier molecular flexibility index (Phi) is 38.7. The van der Waals surface area contributed by atoms with Gasteiger partial charge in [0.15, 0.2) is 28.2 Å². The van der Waals surface area contributed by atoms with Crippen LogP contribution in [-0.2, 0) is 97.4 Å². The van der Waals surface area contributed by atoms with Crippen LogP contribution in [0.1, 0.15) is 48.5 Å². The Labute approximate surface area is 604 Å². The van der Waals surface area contributed by atoms with E-state index in [1.165, 1.54) is 0 Å². The molecule has 4 heterocycles. The minimum Gasteiger partial charge on any atom is -0.421 e. The van der Waals surface area contributed by atoms with Crippen LogP contribution in [0.5, 0.6) is 0 Å². The molecule has 95 heavy (non-hydrogen) atoms. The maximum atomic E-state index is 6.44. The lowest BCUT2D eigenvalue weighted by Crippen LogP contribution is -2.64. The zero-order chi connectivity index (χ0) is 77.3. The summed E-state index contributed by atoms with van der Waals surface area (Å²) in [6.07, 6.45) is 0. The molecule has 4 aliphatic heterocycles. The third-order valence-corrected chi connectivity index (χ3v) is 76.8. The molecular weight excluding hydrogens is 1540 g/mol. The van der Waals surface area contributed by atoms with Gasteiger partial charge in [0, 0.05) is 40.6 Å². The van der Waals surface area contributed by atoms with Gasteiger partial charge in [-0.3, -0.25) is 0 Å². The Hall–Kier alpha value is 3.20. The summed E-state index contributed by atoms with van der Waals surface area (Å²) in [4.78, 5) is 0. The number of hydrogen-bond donors (Lipinski definition) is 0. The van der Waals surface area contributed by atoms with E-state index in [4.69, 9.17) is 97.4 Å². The summed E-state index contributed by atoms with van der Waals surface area (Å²) >= 11 is 0. The molecule has 0 aliphatic carbocycles. The van der Waals surface area contributed by atoms with Gasteiger partial charge in [0.25, 0.3) is 0 Å². The van der Waals surface area contributed by atoms with Crippen LogP contribution in [0.25, 0.3) is 0 Å². The zero-order valence-corrected chi connectivity index (χ0v) is 89.4. The van der Waals surface area contributed by atoms with E-state index in [1.807, 2.05) is 47.3 Å². The molecule has 4 rings (SSSR count). The SMILES string of the molecule is CC(C)(C)O[Si](C)(C)C.CC1(C)OC(C)(C)O[Si](C)(C)O1.CO[Si](C)(C)C.CO[Si](C)(OC)OC.C[Si]1(C)O[Si](C)(C)O[Si](C)(C)O[Si](C)(C)O1.C[Si]1(C)O[Si](C)(C)O[Si](C)(C)O[Si](C)(C)O[Si](C)(C)O1.C[Si]1(C)O[Si](C)(C)O[Si](C)(C)O[Si](C)(C)O[Si](C)(C)O[Si](C)(C)O1. The van der Waals surface area contributed by atoms with Gasteiger partial charge in [0.05, 0.1) is 0 Å². The molecule has 0 aromatic rings. The third kappa shape index (κ3) is 52.8. The van der Waals surface area contributed by atoms with Gasteiger partial charge >= 0.3 is 146 Å². The fourth-order valence-corrected chi connectivity index (χ4v) is 96.2. The molecule has 576 valence electrons. The summed E-state index contributed by atoms with van der Waals surface area (Å²) in [5.41, 5.74) is 0.0461. The Balaban J connectivity index is -0.00000109. The van der Waals surface area contributed by atoms with Crippen LogP contribution >= 0.6 is 0 Å². The second kappa shape index (κ2) is 35.9.